The van der Waals surface area contributed by atoms with Gasteiger partial charge in [0.05, 0.1) is 7.11 Å². The molecule has 1 saturated carbocycles. The van der Waals surface area contributed by atoms with Crippen LogP contribution in [0.2, 0.25) is 0 Å². The second kappa shape index (κ2) is 5.83. The van der Waals surface area contributed by atoms with Gasteiger partial charge in [0, 0.05) is 18.2 Å². The third-order valence-electron chi connectivity index (χ3n) is 4.09. The van der Waals surface area contributed by atoms with E-state index in [-0.39, 0.29) is 5.75 Å². The molecular weight excluding hydrogens is 238 g/mol. The Kier molecular flexibility index (Phi) is 4.35. The molecule has 1 aliphatic carbocycles. The van der Waals surface area contributed by atoms with Gasteiger partial charge in [-0.2, -0.15) is 0 Å². The molecule has 2 N–H and O–H groups in total. The van der Waals surface area contributed by atoms with Crippen molar-refractivity contribution in [3.63, 3.8) is 0 Å². The fraction of sp³-hybridized carbons (Fsp3) is 0.625. The summed E-state index contributed by atoms with van der Waals surface area (Å²) >= 11 is 0. The molecule has 0 aromatic heterocycles. The molecule has 1 aromatic rings. The molecule has 1 aromatic carbocycles. The Labute approximate surface area is 116 Å². The summed E-state index contributed by atoms with van der Waals surface area (Å²) < 4.78 is 5.13. The Hall–Kier alpha value is -1.22. The number of ether oxygens (including phenoxy) is 1. The van der Waals surface area contributed by atoms with Crippen LogP contribution in [0.25, 0.3) is 0 Å². The topological polar surface area (TPSA) is 41.5 Å². The predicted octanol–water partition coefficient (Wildman–Crippen LogP) is 3.46. The molecule has 2 rings (SSSR count). The number of rotatable bonds is 4. The van der Waals surface area contributed by atoms with Gasteiger partial charge in [-0.3, -0.25) is 0 Å². The highest BCUT2D eigenvalue weighted by Crippen LogP contribution is 2.35. The van der Waals surface area contributed by atoms with Gasteiger partial charge in [-0.25, -0.2) is 0 Å². The van der Waals surface area contributed by atoms with Crippen molar-refractivity contribution in [2.75, 3.05) is 7.11 Å². The lowest BCUT2D eigenvalue weighted by Gasteiger charge is -2.35. The van der Waals surface area contributed by atoms with E-state index in [1.807, 2.05) is 12.1 Å². The van der Waals surface area contributed by atoms with Gasteiger partial charge in [0.15, 0.2) is 11.5 Å². The first kappa shape index (κ1) is 14.2. The predicted molar refractivity (Wildman–Crippen MR) is 77.5 cm³/mol. The van der Waals surface area contributed by atoms with Crippen molar-refractivity contribution < 1.29 is 9.84 Å². The van der Waals surface area contributed by atoms with Crippen molar-refractivity contribution in [1.29, 1.82) is 0 Å². The average molecular weight is 263 g/mol. The SMILES string of the molecule is COc1cccc(CNC2CCCC(C)(C)C2)c1O. The maximum absolute atomic E-state index is 10.1. The quantitative estimate of drug-likeness (QED) is 0.874. The molecule has 1 fully saturated rings. The number of nitrogens with one attached hydrogen (secondary N) is 1. The van der Waals surface area contributed by atoms with Crippen LogP contribution in [0.3, 0.4) is 0 Å². The third kappa shape index (κ3) is 3.63. The zero-order valence-corrected chi connectivity index (χ0v) is 12.2. The molecule has 0 radical (unpaired) electrons. The van der Waals surface area contributed by atoms with Crippen molar-refractivity contribution in [3.05, 3.63) is 23.8 Å². The Morgan fingerprint density at radius 3 is 2.89 bits per heavy atom. The van der Waals surface area contributed by atoms with Gasteiger partial charge < -0.3 is 15.2 Å². The van der Waals surface area contributed by atoms with E-state index in [1.165, 1.54) is 25.7 Å². The highest BCUT2D eigenvalue weighted by atomic mass is 16.5. The molecule has 0 aliphatic heterocycles. The molecule has 0 heterocycles. The minimum absolute atomic E-state index is 0.257. The van der Waals surface area contributed by atoms with E-state index in [9.17, 15) is 5.11 Å². The molecule has 1 atom stereocenters. The summed E-state index contributed by atoms with van der Waals surface area (Å²) in [5.41, 5.74) is 1.34. The molecule has 0 spiro atoms. The molecule has 0 amide bonds. The lowest BCUT2D eigenvalue weighted by atomic mass is 9.75. The lowest BCUT2D eigenvalue weighted by molar-refractivity contribution is 0.197. The van der Waals surface area contributed by atoms with Crippen LogP contribution in [-0.4, -0.2) is 18.3 Å². The highest BCUT2D eigenvalue weighted by molar-refractivity contribution is 5.45. The standard InChI is InChI=1S/C16H25NO2/c1-16(2)9-5-7-13(10-16)17-11-12-6-4-8-14(19-3)15(12)18/h4,6,8,13,17-18H,5,7,9-11H2,1-3H3. The van der Waals surface area contributed by atoms with Gasteiger partial charge in [-0.15, -0.1) is 0 Å². The first-order valence-corrected chi connectivity index (χ1v) is 7.10. The minimum Gasteiger partial charge on any atom is -0.504 e. The molecule has 19 heavy (non-hydrogen) atoms. The van der Waals surface area contributed by atoms with Crippen molar-refractivity contribution in [3.8, 4) is 11.5 Å². The summed E-state index contributed by atoms with van der Waals surface area (Å²) in [7, 11) is 1.58. The van der Waals surface area contributed by atoms with Crippen LogP contribution < -0.4 is 10.1 Å². The molecular formula is C16H25NO2. The Morgan fingerprint density at radius 1 is 1.42 bits per heavy atom. The maximum Gasteiger partial charge on any atom is 0.162 e. The van der Waals surface area contributed by atoms with Crippen molar-refractivity contribution in [1.82, 2.24) is 5.32 Å². The number of phenolic OH excluding ortho intramolecular Hbond substituents is 1. The number of methoxy groups -OCH3 is 1. The Bertz CT molecular complexity index is 429. The number of benzene rings is 1. The van der Waals surface area contributed by atoms with Gasteiger partial charge in [-0.1, -0.05) is 32.4 Å². The van der Waals surface area contributed by atoms with Crippen LogP contribution >= 0.6 is 0 Å². The zero-order chi connectivity index (χ0) is 13.9. The minimum atomic E-state index is 0.257. The van der Waals surface area contributed by atoms with E-state index in [0.29, 0.717) is 23.8 Å². The van der Waals surface area contributed by atoms with Crippen LogP contribution in [0, 0.1) is 5.41 Å². The molecule has 1 unspecified atom stereocenters. The average Bonchev–Trinajstić information content (AvgIpc) is 2.36. The van der Waals surface area contributed by atoms with Crippen LogP contribution in [0.5, 0.6) is 11.5 Å². The second-order valence-corrected chi connectivity index (χ2v) is 6.31. The van der Waals surface area contributed by atoms with Crippen molar-refractivity contribution in [2.24, 2.45) is 5.41 Å². The van der Waals surface area contributed by atoms with Gasteiger partial charge >= 0.3 is 0 Å². The largest absolute Gasteiger partial charge is 0.504 e. The summed E-state index contributed by atoms with van der Waals surface area (Å²) in [4.78, 5) is 0. The van der Waals surface area contributed by atoms with E-state index < -0.39 is 0 Å². The zero-order valence-electron chi connectivity index (χ0n) is 12.2. The molecule has 3 heteroatoms. The van der Waals surface area contributed by atoms with Gasteiger partial charge in [0.2, 0.25) is 0 Å². The van der Waals surface area contributed by atoms with Crippen molar-refractivity contribution >= 4 is 0 Å². The number of phenols is 1. The molecule has 106 valence electrons. The Morgan fingerprint density at radius 2 is 2.21 bits per heavy atom. The van der Waals surface area contributed by atoms with Gasteiger partial charge in [0.25, 0.3) is 0 Å². The first-order valence-electron chi connectivity index (χ1n) is 7.10. The summed E-state index contributed by atoms with van der Waals surface area (Å²) in [6.07, 6.45) is 5.04. The summed E-state index contributed by atoms with van der Waals surface area (Å²) in [6, 6.07) is 6.19. The Balaban J connectivity index is 1.95. The molecule has 0 saturated heterocycles. The van der Waals surface area contributed by atoms with Crippen LogP contribution in [0.1, 0.15) is 45.1 Å². The summed E-state index contributed by atoms with van der Waals surface area (Å²) in [5.74, 6) is 0.802. The first-order chi connectivity index (χ1) is 9.02. The molecule has 0 bridgehead atoms. The second-order valence-electron chi connectivity index (χ2n) is 6.31. The molecule has 1 aliphatic rings. The van der Waals surface area contributed by atoms with Crippen LogP contribution in [-0.2, 0) is 6.54 Å². The fourth-order valence-electron chi connectivity index (χ4n) is 3.00. The maximum atomic E-state index is 10.1. The van der Waals surface area contributed by atoms with Gasteiger partial charge in [0.1, 0.15) is 0 Å². The summed E-state index contributed by atoms with van der Waals surface area (Å²) in [6.45, 7) is 5.37. The normalized spacial score (nSPS) is 22.2. The van der Waals surface area contributed by atoms with Crippen molar-refractivity contribution in [2.45, 2.75) is 52.1 Å². The third-order valence-corrected chi connectivity index (χ3v) is 4.09. The summed E-state index contributed by atoms with van der Waals surface area (Å²) in [5, 5.41) is 13.6. The number of aromatic hydroxyl groups is 1. The monoisotopic (exact) mass is 263 g/mol. The molecule has 3 nitrogen and oxygen atoms in total. The van der Waals surface area contributed by atoms with E-state index in [1.54, 1.807) is 13.2 Å². The lowest BCUT2D eigenvalue weighted by Crippen LogP contribution is -2.36. The number of para-hydroxylation sites is 1. The van der Waals surface area contributed by atoms with Crippen LogP contribution in [0.15, 0.2) is 18.2 Å². The van der Waals surface area contributed by atoms with E-state index in [2.05, 4.69) is 19.2 Å². The van der Waals surface area contributed by atoms with E-state index in [0.717, 1.165) is 5.56 Å². The number of hydrogen-bond acceptors (Lipinski definition) is 3. The van der Waals surface area contributed by atoms with E-state index in [4.69, 9.17) is 4.74 Å². The highest BCUT2D eigenvalue weighted by Gasteiger charge is 2.27. The fourth-order valence-corrected chi connectivity index (χ4v) is 3.00. The van der Waals surface area contributed by atoms with Gasteiger partial charge in [-0.05, 0) is 30.7 Å². The smallest absolute Gasteiger partial charge is 0.162 e. The number of hydrogen-bond donors (Lipinski definition) is 2. The van der Waals surface area contributed by atoms with E-state index >= 15 is 0 Å². The van der Waals surface area contributed by atoms with Crippen LogP contribution in [0.4, 0.5) is 0 Å².